The van der Waals surface area contributed by atoms with Gasteiger partial charge in [-0.15, -0.1) is 0 Å². The van der Waals surface area contributed by atoms with Crippen LogP contribution in [-0.2, 0) is 10.2 Å². The lowest BCUT2D eigenvalue weighted by atomic mass is 9.59. The second-order valence-electron chi connectivity index (χ2n) is 5.76. The SMILES string of the molecule is O=C1CCC1(c1ccccc1)c1ccc2ccccc2c1. The maximum absolute atomic E-state index is 12.5. The standard InChI is InChI=1S/C20H16O/c21-19-12-13-20(19,17-8-2-1-3-9-17)18-11-10-15-6-4-5-7-16(15)14-18/h1-11,14H,12-13H2. The third-order valence-corrected chi connectivity index (χ3v) is 4.71. The van der Waals surface area contributed by atoms with E-state index in [4.69, 9.17) is 0 Å². The van der Waals surface area contributed by atoms with Crippen molar-refractivity contribution in [1.82, 2.24) is 0 Å². The van der Waals surface area contributed by atoms with E-state index in [0.29, 0.717) is 12.2 Å². The van der Waals surface area contributed by atoms with Gasteiger partial charge in [0.25, 0.3) is 0 Å². The van der Waals surface area contributed by atoms with E-state index in [1.54, 1.807) is 0 Å². The maximum atomic E-state index is 12.5. The summed E-state index contributed by atoms with van der Waals surface area (Å²) in [6.07, 6.45) is 1.59. The van der Waals surface area contributed by atoms with Gasteiger partial charge in [0.15, 0.2) is 0 Å². The lowest BCUT2D eigenvalue weighted by Crippen LogP contribution is -2.45. The van der Waals surface area contributed by atoms with Crippen molar-refractivity contribution in [2.75, 3.05) is 0 Å². The molecule has 21 heavy (non-hydrogen) atoms. The van der Waals surface area contributed by atoms with E-state index < -0.39 is 5.41 Å². The molecular weight excluding hydrogens is 256 g/mol. The molecule has 3 aromatic carbocycles. The number of ketones is 1. The first-order valence-electron chi connectivity index (χ1n) is 7.39. The molecule has 1 nitrogen and oxygen atoms in total. The average Bonchev–Trinajstić information content (AvgIpc) is 2.55. The van der Waals surface area contributed by atoms with Gasteiger partial charge in [-0.25, -0.2) is 0 Å². The van der Waals surface area contributed by atoms with Crippen LogP contribution in [0.1, 0.15) is 24.0 Å². The Balaban J connectivity index is 1.93. The molecule has 0 heterocycles. The molecule has 1 aliphatic rings. The second kappa shape index (κ2) is 4.56. The summed E-state index contributed by atoms with van der Waals surface area (Å²) in [5.41, 5.74) is 1.82. The van der Waals surface area contributed by atoms with Gasteiger partial charge in [0.1, 0.15) is 5.78 Å². The highest BCUT2D eigenvalue weighted by Crippen LogP contribution is 2.46. The zero-order chi connectivity index (χ0) is 14.3. The number of carbonyl (C=O) groups is 1. The Morgan fingerprint density at radius 1 is 0.714 bits per heavy atom. The fourth-order valence-electron chi connectivity index (χ4n) is 3.43. The van der Waals surface area contributed by atoms with Crippen LogP contribution in [0.15, 0.2) is 72.8 Å². The molecule has 0 radical (unpaired) electrons. The summed E-state index contributed by atoms with van der Waals surface area (Å²) in [5, 5.41) is 2.42. The number of rotatable bonds is 2. The van der Waals surface area contributed by atoms with E-state index in [1.807, 2.05) is 30.3 Å². The highest BCUT2D eigenvalue weighted by atomic mass is 16.1. The Hall–Kier alpha value is -2.41. The zero-order valence-corrected chi connectivity index (χ0v) is 11.8. The third-order valence-electron chi connectivity index (χ3n) is 4.71. The van der Waals surface area contributed by atoms with E-state index in [9.17, 15) is 4.79 Å². The van der Waals surface area contributed by atoms with Gasteiger partial charge in [-0.2, -0.15) is 0 Å². The first kappa shape index (κ1) is 12.3. The summed E-state index contributed by atoms with van der Waals surface area (Å²) in [5.74, 6) is 0.337. The minimum absolute atomic E-state index is 0.337. The molecule has 0 spiro atoms. The summed E-state index contributed by atoms with van der Waals surface area (Å²) in [6.45, 7) is 0. The molecule has 0 aliphatic heterocycles. The molecule has 0 aromatic heterocycles. The van der Waals surface area contributed by atoms with Gasteiger partial charge in [-0.3, -0.25) is 4.79 Å². The van der Waals surface area contributed by atoms with E-state index >= 15 is 0 Å². The molecule has 0 N–H and O–H groups in total. The Labute approximate surface area is 124 Å². The number of fused-ring (bicyclic) bond motifs is 1. The molecule has 0 amide bonds. The molecule has 4 rings (SSSR count). The van der Waals surface area contributed by atoms with Crippen LogP contribution < -0.4 is 0 Å². The van der Waals surface area contributed by atoms with Crippen molar-refractivity contribution >= 4 is 16.6 Å². The van der Waals surface area contributed by atoms with Gasteiger partial charge >= 0.3 is 0 Å². The van der Waals surface area contributed by atoms with Crippen molar-refractivity contribution < 1.29 is 4.79 Å². The molecular formula is C20H16O. The van der Waals surface area contributed by atoms with Crippen LogP contribution in [0.4, 0.5) is 0 Å². The van der Waals surface area contributed by atoms with E-state index in [0.717, 1.165) is 17.5 Å². The van der Waals surface area contributed by atoms with Crippen LogP contribution >= 0.6 is 0 Å². The third kappa shape index (κ3) is 1.74. The van der Waals surface area contributed by atoms with Crippen LogP contribution in [0.25, 0.3) is 10.8 Å². The van der Waals surface area contributed by atoms with Crippen molar-refractivity contribution in [2.45, 2.75) is 18.3 Å². The predicted molar refractivity (Wildman–Crippen MR) is 85.4 cm³/mol. The molecule has 1 fully saturated rings. The highest BCUT2D eigenvalue weighted by molar-refractivity contribution is 6.00. The summed E-state index contributed by atoms with van der Waals surface area (Å²) in [7, 11) is 0. The van der Waals surface area contributed by atoms with Crippen molar-refractivity contribution in [1.29, 1.82) is 0 Å². The summed E-state index contributed by atoms with van der Waals surface area (Å²) in [6, 6.07) is 24.9. The Bertz CT molecular complexity index is 819. The largest absolute Gasteiger partial charge is 0.298 e. The van der Waals surface area contributed by atoms with Gasteiger partial charge in [-0.05, 0) is 34.4 Å². The van der Waals surface area contributed by atoms with Crippen molar-refractivity contribution in [3.63, 3.8) is 0 Å². The Morgan fingerprint density at radius 3 is 2.10 bits per heavy atom. The zero-order valence-electron chi connectivity index (χ0n) is 11.8. The number of carbonyl (C=O) groups excluding carboxylic acids is 1. The molecule has 1 heteroatoms. The Kier molecular flexibility index (Phi) is 2.68. The second-order valence-corrected chi connectivity index (χ2v) is 5.76. The van der Waals surface area contributed by atoms with Gasteiger partial charge in [0.2, 0.25) is 0 Å². The van der Waals surface area contributed by atoms with Crippen LogP contribution in [0.3, 0.4) is 0 Å². The maximum Gasteiger partial charge on any atom is 0.147 e. The summed E-state index contributed by atoms with van der Waals surface area (Å²) in [4.78, 5) is 12.5. The monoisotopic (exact) mass is 272 g/mol. The lowest BCUT2D eigenvalue weighted by Gasteiger charge is -2.41. The van der Waals surface area contributed by atoms with Crippen molar-refractivity contribution in [3.8, 4) is 0 Å². The van der Waals surface area contributed by atoms with Crippen molar-refractivity contribution in [2.24, 2.45) is 0 Å². The molecule has 1 aliphatic carbocycles. The highest BCUT2D eigenvalue weighted by Gasteiger charge is 2.48. The quantitative estimate of drug-likeness (QED) is 0.672. The first-order valence-corrected chi connectivity index (χ1v) is 7.39. The molecule has 0 saturated heterocycles. The molecule has 102 valence electrons. The Morgan fingerprint density at radius 2 is 1.43 bits per heavy atom. The van der Waals surface area contributed by atoms with Gasteiger partial charge in [0.05, 0.1) is 5.41 Å². The predicted octanol–water partition coefficient (Wildman–Crippen LogP) is 4.49. The molecule has 1 saturated carbocycles. The van der Waals surface area contributed by atoms with Crippen LogP contribution in [0.2, 0.25) is 0 Å². The smallest absolute Gasteiger partial charge is 0.147 e. The molecule has 0 bridgehead atoms. The average molecular weight is 272 g/mol. The number of benzene rings is 3. The van der Waals surface area contributed by atoms with Gasteiger partial charge < -0.3 is 0 Å². The fraction of sp³-hybridized carbons (Fsp3) is 0.150. The summed E-state index contributed by atoms with van der Waals surface area (Å²) < 4.78 is 0. The summed E-state index contributed by atoms with van der Waals surface area (Å²) >= 11 is 0. The normalized spacial score (nSPS) is 21.2. The van der Waals surface area contributed by atoms with Crippen LogP contribution in [-0.4, -0.2) is 5.78 Å². The van der Waals surface area contributed by atoms with E-state index in [1.165, 1.54) is 10.8 Å². The minimum Gasteiger partial charge on any atom is -0.298 e. The van der Waals surface area contributed by atoms with Crippen LogP contribution in [0, 0.1) is 0 Å². The van der Waals surface area contributed by atoms with Crippen molar-refractivity contribution in [3.05, 3.63) is 83.9 Å². The van der Waals surface area contributed by atoms with Gasteiger partial charge in [-0.1, -0.05) is 66.7 Å². The first-order chi connectivity index (χ1) is 10.3. The number of hydrogen-bond donors (Lipinski definition) is 0. The molecule has 1 atom stereocenters. The molecule has 1 unspecified atom stereocenters. The van der Waals surface area contributed by atoms with Gasteiger partial charge in [0, 0.05) is 6.42 Å². The molecule has 3 aromatic rings. The fourth-order valence-corrected chi connectivity index (χ4v) is 3.43. The van der Waals surface area contributed by atoms with Crippen LogP contribution in [0.5, 0.6) is 0 Å². The van der Waals surface area contributed by atoms with E-state index in [2.05, 4.69) is 42.5 Å². The number of Topliss-reactive ketones (excluding diaryl/α,β-unsaturated/α-hetero) is 1. The minimum atomic E-state index is -0.425. The van der Waals surface area contributed by atoms with E-state index in [-0.39, 0.29) is 0 Å². The number of hydrogen-bond acceptors (Lipinski definition) is 1. The topological polar surface area (TPSA) is 17.1 Å². The lowest BCUT2D eigenvalue weighted by molar-refractivity contribution is -0.129.